The highest BCUT2D eigenvalue weighted by molar-refractivity contribution is 6.31. The fourth-order valence-electron chi connectivity index (χ4n) is 2.98. The molecule has 2 unspecified atom stereocenters. The van der Waals surface area contributed by atoms with Crippen LogP contribution in [0.15, 0.2) is 18.2 Å². The maximum Gasteiger partial charge on any atom is 0.316 e. The molecule has 0 bridgehead atoms. The van der Waals surface area contributed by atoms with Crippen LogP contribution in [0.4, 0.5) is 0 Å². The van der Waals surface area contributed by atoms with E-state index in [4.69, 9.17) is 11.6 Å². The molecule has 0 aromatic heterocycles. The number of aryl methyl sites for hydroxylation is 1. The van der Waals surface area contributed by atoms with Crippen LogP contribution < -0.4 is 0 Å². The number of hydrogen-bond acceptors (Lipinski definition) is 2. The quantitative estimate of drug-likeness (QED) is 0.895. The number of benzene rings is 1. The molecule has 1 fully saturated rings. The molecule has 2 atom stereocenters. The van der Waals surface area contributed by atoms with Gasteiger partial charge in [0.1, 0.15) is 5.41 Å². The van der Waals surface area contributed by atoms with Crippen LogP contribution in [0, 0.1) is 0 Å². The molecule has 2 N–H and O–H groups in total. The first kappa shape index (κ1) is 14.4. The van der Waals surface area contributed by atoms with Crippen molar-refractivity contribution < 1.29 is 15.0 Å². The van der Waals surface area contributed by atoms with E-state index in [0.29, 0.717) is 23.4 Å². The first-order valence-corrected chi connectivity index (χ1v) is 7.10. The number of carboxylic acid groups (broad SMARTS) is 1. The van der Waals surface area contributed by atoms with Crippen LogP contribution in [-0.4, -0.2) is 22.3 Å². The van der Waals surface area contributed by atoms with E-state index in [9.17, 15) is 15.0 Å². The molecule has 0 amide bonds. The van der Waals surface area contributed by atoms with Gasteiger partial charge in [0.2, 0.25) is 0 Å². The summed E-state index contributed by atoms with van der Waals surface area (Å²) in [7, 11) is 0. The van der Waals surface area contributed by atoms with E-state index in [2.05, 4.69) is 0 Å². The van der Waals surface area contributed by atoms with E-state index in [1.807, 2.05) is 13.0 Å². The smallest absolute Gasteiger partial charge is 0.316 e. The molecule has 1 aliphatic rings. The Bertz CT molecular complexity index is 486. The third-order valence-electron chi connectivity index (χ3n) is 4.20. The number of carboxylic acids is 1. The van der Waals surface area contributed by atoms with Crippen LogP contribution in [0.5, 0.6) is 0 Å². The molecule has 104 valence electrons. The third kappa shape index (κ3) is 2.37. The van der Waals surface area contributed by atoms with Crippen molar-refractivity contribution in [2.24, 2.45) is 0 Å². The molecule has 1 aromatic carbocycles. The Morgan fingerprint density at radius 2 is 2.21 bits per heavy atom. The molecule has 1 aromatic rings. The lowest BCUT2D eigenvalue weighted by atomic mass is 9.67. The maximum atomic E-state index is 11.7. The average Bonchev–Trinajstić information content (AvgIpc) is 2.39. The Kier molecular flexibility index (Phi) is 4.16. The van der Waals surface area contributed by atoms with E-state index in [-0.39, 0.29) is 0 Å². The maximum absolute atomic E-state index is 11.7. The highest BCUT2D eigenvalue weighted by Gasteiger charge is 2.48. The van der Waals surface area contributed by atoms with Crippen LogP contribution >= 0.6 is 11.6 Å². The van der Waals surface area contributed by atoms with Crippen molar-refractivity contribution in [3.05, 3.63) is 34.3 Å². The number of halogens is 1. The molecule has 0 radical (unpaired) electrons. The monoisotopic (exact) mass is 282 g/mol. The van der Waals surface area contributed by atoms with Crippen molar-refractivity contribution >= 4 is 17.6 Å². The molecule has 0 aliphatic heterocycles. The number of hydrogen-bond donors (Lipinski definition) is 2. The predicted octanol–water partition coefficient (Wildman–Crippen LogP) is 3.16. The van der Waals surface area contributed by atoms with Gasteiger partial charge in [-0.2, -0.15) is 0 Å². The van der Waals surface area contributed by atoms with E-state index >= 15 is 0 Å². The molecule has 1 aliphatic carbocycles. The second kappa shape index (κ2) is 5.51. The average molecular weight is 283 g/mol. The fraction of sp³-hybridized carbons (Fsp3) is 0.533. The Morgan fingerprint density at radius 1 is 1.47 bits per heavy atom. The molecule has 0 spiro atoms. The minimum atomic E-state index is -1.20. The Hall–Kier alpha value is -1.06. The van der Waals surface area contributed by atoms with Crippen LogP contribution in [0.2, 0.25) is 5.02 Å². The summed E-state index contributed by atoms with van der Waals surface area (Å²) in [5.74, 6) is -0.958. The lowest BCUT2D eigenvalue weighted by Crippen LogP contribution is -2.48. The zero-order chi connectivity index (χ0) is 14.0. The molecule has 0 saturated heterocycles. The first-order chi connectivity index (χ1) is 9.02. The SMILES string of the molecule is CCc1ccc(C2(C(=O)O)CCCCC2O)cc1Cl. The van der Waals surface area contributed by atoms with Crippen molar-refractivity contribution in [1.82, 2.24) is 0 Å². The van der Waals surface area contributed by atoms with Crippen molar-refractivity contribution in [3.8, 4) is 0 Å². The van der Waals surface area contributed by atoms with Crippen LogP contribution in [0.25, 0.3) is 0 Å². The van der Waals surface area contributed by atoms with Gasteiger partial charge in [0.05, 0.1) is 6.10 Å². The molecule has 3 nitrogen and oxygen atoms in total. The largest absolute Gasteiger partial charge is 0.481 e. The highest BCUT2D eigenvalue weighted by atomic mass is 35.5. The Morgan fingerprint density at radius 3 is 2.74 bits per heavy atom. The zero-order valence-electron chi connectivity index (χ0n) is 11.0. The van der Waals surface area contributed by atoms with Gasteiger partial charge in [-0.3, -0.25) is 4.79 Å². The number of aliphatic hydroxyl groups excluding tert-OH is 1. The lowest BCUT2D eigenvalue weighted by Gasteiger charge is -2.38. The second-order valence-electron chi connectivity index (χ2n) is 5.20. The summed E-state index contributed by atoms with van der Waals surface area (Å²) < 4.78 is 0. The summed E-state index contributed by atoms with van der Waals surface area (Å²) in [5, 5.41) is 20.4. The van der Waals surface area contributed by atoms with Crippen molar-refractivity contribution in [1.29, 1.82) is 0 Å². The van der Waals surface area contributed by atoms with Gasteiger partial charge in [-0.1, -0.05) is 43.5 Å². The van der Waals surface area contributed by atoms with E-state index in [1.165, 1.54) is 0 Å². The lowest BCUT2D eigenvalue weighted by molar-refractivity contribution is -0.151. The predicted molar refractivity (Wildman–Crippen MR) is 74.6 cm³/mol. The van der Waals surface area contributed by atoms with Gasteiger partial charge in [0.25, 0.3) is 0 Å². The molecule has 19 heavy (non-hydrogen) atoms. The zero-order valence-corrected chi connectivity index (χ0v) is 11.8. The molecular formula is C15H19ClO3. The number of aliphatic hydroxyl groups is 1. The molecule has 1 saturated carbocycles. The van der Waals surface area contributed by atoms with Gasteiger partial charge in [-0.05, 0) is 36.5 Å². The van der Waals surface area contributed by atoms with Crippen molar-refractivity contribution in [3.63, 3.8) is 0 Å². The second-order valence-corrected chi connectivity index (χ2v) is 5.61. The van der Waals surface area contributed by atoms with Gasteiger partial charge in [-0.25, -0.2) is 0 Å². The van der Waals surface area contributed by atoms with E-state index in [1.54, 1.807) is 12.1 Å². The minimum absolute atomic E-state index is 0.464. The molecule has 4 heteroatoms. The van der Waals surface area contributed by atoms with Gasteiger partial charge in [0.15, 0.2) is 0 Å². The molecule has 2 rings (SSSR count). The summed E-state index contributed by atoms with van der Waals surface area (Å²) in [5.41, 5.74) is 0.416. The molecular weight excluding hydrogens is 264 g/mol. The Labute approximate surface area is 118 Å². The Balaban J connectivity index is 2.50. The van der Waals surface area contributed by atoms with Crippen molar-refractivity contribution in [2.75, 3.05) is 0 Å². The minimum Gasteiger partial charge on any atom is -0.481 e. The van der Waals surface area contributed by atoms with Gasteiger partial charge in [-0.15, -0.1) is 0 Å². The van der Waals surface area contributed by atoms with Crippen LogP contribution in [0.1, 0.15) is 43.7 Å². The van der Waals surface area contributed by atoms with Crippen molar-refractivity contribution in [2.45, 2.75) is 50.5 Å². The summed E-state index contributed by atoms with van der Waals surface area (Å²) in [6.07, 6.45) is 2.64. The van der Waals surface area contributed by atoms with Crippen LogP contribution in [-0.2, 0) is 16.6 Å². The van der Waals surface area contributed by atoms with Crippen LogP contribution in [0.3, 0.4) is 0 Å². The standard InChI is InChI=1S/C15H19ClO3/c1-2-10-6-7-11(9-12(10)16)15(14(18)19)8-4-3-5-13(15)17/h6-7,9,13,17H,2-5,8H2,1H3,(H,18,19). The van der Waals surface area contributed by atoms with Gasteiger partial charge < -0.3 is 10.2 Å². The summed E-state index contributed by atoms with van der Waals surface area (Å²) in [4.78, 5) is 11.7. The van der Waals surface area contributed by atoms with Gasteiger partial charge >= 0.3 is 5.97 Å². The van der Waals surface area contributed by atoms with E-state index in [0.717, 1.165) is 24.8 Å². The normalized spacial score (nSPS) is 27.2. The first-order valence-electron chi connectivity index (χ1n) is 6.72. The number of aliphatic carboxylic acids is 1. The highest BCUT2D eigenvalue weighted by Crippen LogP contribution is 2.41. The number of rotatable bonds is 3. The number of carbonyl (C=O) groups is 1. The summed E-state index contributed by atoms with van der Waals surface area (Å²) in [6, 6.07) is 5.38. The third-order valence-corrected chi connectivity index (χ3v) is 4.55. The topological polar surface area (TPSA) is 57.5 Å². The summed E-state index contributed by atoms with van der Waals surface area (Å²) >= 11 is 6.19. The van der Waals surface area contributed by atoms with Gasteiger partial charge in [0, 0.05) is 5.02 Å². The van der Waals surface area contributed by atoms with E-state index < -0.39 is 17.5 Å². The fourth-order valence-corrected chi connectivity index (χ4v) is 3.29. The molecule has 0 heterocycles. The summed E-state index contributed by atoms with van der Waals surface area (Å²) in [6.45, 7) is 2.00.